The minimum absolute atomic E-state index is 0.373. The largest absolute Gasteiger partial charge is 0.431 e. The van der Waals surface area contributed by atoms with Gasteiger partial charge in [-0.2, -0.15) is 0 Å². The maximum absolute atomic E-state index is 10.9. The second kappa shape index (κ2) is 5.46. The highest BCUT2D eigenvalue weighted by atomic mass is 35.5. The topological polar surface area (TPSA) is 69.1 Å². The molecule has 0 bridgehead atoms. The number of primary amides is 1. The van der Waals surface area contributed by atoms with Crippen LogP contribution in [0.3, 0.4) is 0 Å². The van der Waals surface area contributed by atoms with Crippen molar-refractivity contribution in [3.63, 3.8) is 0 Å². The molecule has 0 fully saturated rings. The van der Waals surface area contributed by atoms with E-state index in [1.807, 2.05) is 12.1 Å². The normalized spacial score (nSPS) is 12.3. The van der Waals surface area contributed by atoms with Crippen molar-refractivity contribution >= 4 is 29.3 Å². The Hall–Kier alpha value is -1.46. The second-order valence-corrected chi connectivity index (χ2v) is 5.39. The predicted octanol–water partition coefficient (Wildman–Crippen LogP) is 2.96. The summed E-state index contributed by atoms with van der Waals surface area (Å²) in [6.07, 6.45) is 1.61. The van der Waals surface area contributed by atoms with E-state index < -0.39 is 5.91 Å². The molecular formula is C12H11ClN2O2S. The van der Waals surface area contributed by atoms with Gasteiger partial charge in [-0.05, 0) is 31.2 Å². The molecule has 1 amide bonds. The van der Waals surface area contributed by atoms with E-state index in [2.05, 4.69) is 4.98 Å². The molecule has 2 rings (SSSR count). The van der Waals surface area contributed by atoms with Gasteiger partial charge in [0.1, 0.15) is 0 Å². The molecule has 0 aliphatic heterocycles. The Morgan fingerprint density at radius 1 is 1.44 bits per heavy atom. The lowest BCUT2D eigenvalue weighted by molar-refractivity contribution is -0.117. The van der Waals surface area contributed by atoms with Crippen molar-refractivity contribution in [1.29, 1.82) is 0 Å². The van der Waals surface area contributed by atoms with E-state index in [1.54, 1.807) is 25.3 Å². The third-order valence-corrected chi connectivity index (χ3v) is 3.52. The van der Waals surface area contributed by atoms with Gasteiger partial charge in [0.15, 0.2) is 5.76 Å². The first-order valence-electron chi connectivity index (χ1n) is 5.24. The van der Waals surface area contributed by atoms with Gasteiger partial charge in [0.05, 0.1) is 11.4 Å². The monoisotopic (exact) mass is 282 g/mol. The van der Waals surface area contributed by atoms with Crippen LogP contribution in [0.25, 0.3) is 11.3 Å². The van der Waals surface area contributed by atoms with Crippen LogP contribution in [0.15, 0.2) is 40.1 Å². The number of benzene rings is 1. The van der Waals surface area contributed by atoms with Gasteiger partial charge in [-0.1, -0.05) is 23.4 Å². The zero-order valence-corrected chi connectivity index (χ0v) is 11.2. The highest BCUT2D eigenvalue weighted by molar-refractivity contribution is 8.00. The summed E-state index contributed by atoms with van der Waals surface area (Å²) >= 11 is 7.00. The zero-order chi connectivity index (χ0) is 13.1. The Labute approximate surface area is 114 Å². The van der Waals surface area contributed by atoms with Crippen LogP contribution >= 0.6 is 23.4 Å². The molecule has 18 heavy (non-hydrogen) atoms. The number of rotatable bonds is 4. The number of hydrogen-bond donors (Lipinski definition) is 1. The van der Waals surface area contributed by atoms with E-state index in [-0.39, 0.29) is 5.25 Å². The Bertz CT molecular complexity index is 553. The van der Waals surface area contributed by atoms with Gasteiger partial charge in [-0.25, -0.2) is 4.98 Å². The summed E-state index contributed by atoms with van der Waals surface area (Å²) in [5.41, 5.74) is 6.05. The first-order valence-corrected chi connectivity index (χ1v) is 6.50. The van der Waals surface area contributed by atoms with Crippen LogP contribution in [0.4, 0.5) is 0 Å². The number of thioether (sulfide) groups is 1. The smallest absolute Gasteiger partial charge is 0.256 e. The lowest BCUT2D eigenvalue weighted by Crippen LogP contribution is -2.22. The van der Waals surface area contributed by atoms with Crippen molar-refractivity contribution in [2.45, 2.75) is 17.4 Å². The Morgan fingerprint density at radius 3 is 2.72 bits per heavy atom. The first kappa shape index (κ1) is 13.0. The predicted molar refractivity (Wildman–Crippen MR) is 71.5 cm³/mol. The molecule has 0 aliphatic carbocycles. The van der Waals surface area contributed by atoms with Crippen LogP contribution in [0.1, 0.15) is 6.92 Å². The minimum atomic E-state index is -0.397. The standard InChI is InChI=1S/C12H11ClN2O2S/c1-7(11(14)16)18-12-15-6-10(17-12)8-2-4-9(13)5-3-8/h2-7H,1H3,(H2,14,16)/t7-/m1/s1. The number of amides is 1. The maximum Gasteiger partial charge on any atom is 0.256 e. The number of carbonyl (C=O) groups excluding carboxylic acids is 1. The van der Waals surface area contributed by atoms with Gasteiger partial charge in [0.25, 0.3) is 5.22 Å². The summed E-state index contributed by atoms with van der Waals surface area (Å²) in [6, 6.07) is 7.24. The van der Waals surface area contributed by atoms with Crippen LogP contribution < -0.4 is 5.73 Å². The van der Waals surface area contributed by atoms with E-state index in [4.69, 9.17) is 21.8 Å². The van der Waals surface area contributed by atoms with Crippen LogP contribution in [-0.2, 0) is 4.79 Å². The molecule has 0 aliphatic rings. The molecule has 4 nitrogen and oxygen atoms in total. The molecule has 0 spiro atoms. The van der Waals surface area contributed by atoms with Crippen LogP contribution in [0.2, 0.25) is 5.02 Å². The van der Waals surface area contributed by atoms with Crippen molar-refractivity contribution < 1.29 is 9.21 Å². The van der Waals surface area contributed by atoms with E-state index in [1.165, 1.54) is 11.8 Å². The zero-order valence-electron chi connectivity index (χ0n) is 9.59. The average Bonchev–Trinajstić information content (AvgIpc) is 2.78. The van der Waals surface area contributed by atoms with E-state index >= 15 is 0 Å². The Balaban J connectivity index is 2.15. The van der Waals surface area contributed by atoms with Gasteiger partial charge in [-0.15, -0.1) is 0 Å². The van der Waals surface area contributed by atoms with E-state index in [9.17, 15) is 4.79 Å². The molecule has 0 unspecified atom stereocenters. The number of oxazole rings is 1. The summed E-state index contributed by atoms with van der Waals surface area (Å²) in [7, 11) is 0. The number of nitrogens with two attached hydrogens (primary N) is 1. The summed E-state index contributed by atoms with van der Waals surface area (Å²) < 4.78 is 5.53. The van der Waals surface area contributed by atoms with Crippen molar-refractivity contribution in [1.82, 2.24) is 4.98 Å². The van der Waals surface area contributed by atoms with Crippen LogP contribution in [0, 0.1) is 0 Å². The average molecular weight is 283 g/mol. The molecule has 1 atom stereocenters. The lowest BCUT2D eigenvalue weighted by atomic mass is 10.2. The van der Waals surface area contributed by atoms with E-state index in [0.29, 0.717) is 16.0 Å². The van der Waals surface area contributed by atoms with Gasteiger partial charge >= 0.3 is 0 Å². The summed E-state index contributed by atoms with van der Waals surface area (Å²) in [5.74, 6) is 0.233. The van der Waals surface area contributed by atoms with E-state index in [0.717, 1.165) is 5.56 Å². The Morgan fingerprint density at radius 2 is 2.11 bits per heavy atom. The van der Waals surface area contributed by atoms with Crippen LogP contribution in [-0.4, -0.2) is 16.1 Å². The molecule has 2 aromatic rings. The van der Waals surface area contributed by atoms with Gasteiger partial charge in [0, 0.05) is 10.6 Å². The molecule has 1 heterocycles. The molecule has 1 aromatic carbocycles. The van der Waals surface area contributed by atoms with Crippen molar-refractivity contribution in [2.75, 3.05) is 0 Å². The number of aromatic nitrogens is 1. The fraction of sp³-hybridized carbons (Fsp3) is 0.167. The molecule has 0 saturated heterocycles. The van der Waals surface area contributed by atoms with Gasteiger partial charge in [-0.3, -0.25) is 4.79 Å². The third kappa shape index (κ3) is 3.05. The highest BCUT2D eigenvalue weighted by Crippen LogP contribution is 2.28. The molecule has 94 valence electrons. The van der Waals surface area contributed by atoms with Crippen LogP contribution in [0.5, 0.6) is 0 Å². The fourth-order valence-corrected chi connectivity index (χ4v) is 2.07. The second-order valence-electron chi connectivity index (χ2n) is 3.66. The minimum Gasteiger partial charge on any atom is -0.431 e. The quantitative estimate of drug-likeness (QED) is 0.875. The third-order valence-electron chi connectivity index (χ3n) is 2.29. The lowest BCUT2D eigenvalue weighted by Gasteiger charge is -2.01. The molecule has 0 radical (unpaired) electrons. The van der Waals surface area contributed by atoms with Crippen molar-refractivity contribution in [3.8, 4) is 11.3 Å². The fourth-order valence-electron chi connectivity index (χ4n) is 1.27. The SMILES string of the molecule is C[C@@H](Sc1ncc(-c2ccc(Cl)cc2)o1)C(N)=O. The number of hydrogen-bond acceptors (Lipinski definition) is 4. The molecule has 6 heteroatoms. The molecule has 2 N–H and O–H groups in total. The highest BCUT2D eigenvalue weighted by Gasteiger charge is 2.15. The number of halogens is 1. The van der Waals surface area contributed by atoms with Crippen molar-refractivity contribution in [3.05, 3.63) is 35.5 Å². The molecule has 0 saturated carbocycles. The van der Waals surface area contributed by atoms with Gasteiger partial charge in [0.2, 0.25) is 5.91 Å². The van der Waals surface area contributed by atoms with Gasteiger partial charge < -0.3 is 10.2 Å². The van der Waals surface area contributed by atoms with Crippen molar-refractivity contribution in [2.24, 2.45) is 5.73 Å². The summed E-state index contributed by atoms with van der Waals surface area (Å²) in [6.45, 7) is 1.71. The Kier molecular flexibility index (Phi) is 3.93. The first-order chi connectivity index (χ1) is 8.56. The number of carbonyl (C=O) groups is 1. The maximum atomic E-state index is 10.9. The summed E-state index contributed by atoms with van der Waals surface area (Å²) in [5, 5.41) is 0.711. The number of nitrogens with zero attached hydrogens (tertiary/aromatic N) is 1. The molecular weight excluding hydrogens is 272 g/mol. The summed E-state index contributed by atoms with van der Waals surface area (Å²) in [4.78, 5) is 15.0. The molecule has 1 aromatic heterocycles.